The van der Waals surface area contributed by atoms with Crippen molar-refractivity contribution in [2.24, 2.45) is 11.8 Å². The molecule has 2 saturated carbocycles. The van der Waals surface area contributed by atoms with Crippen LogP contribution in [0.3, 0.4) is 0 Å². The van der Waals surface area contributed by atoms with Crippen LogP contribution < -0.4 is 0 Å². The van der Waals surface area contributed by atoms with E-state index in [-0.39, 0.29) is 12.2 Å². The van der Waals surface area contributed by atoms with Crippen molar-refractivity contribution < 1.29 is 14.3 Å². The van der Waals surface area contributed by atoms with E-state index < -0.39 is 16.6 Å². The molecule has 3 nitrogen and oxygen atoms in total. The summed E-state index contributed by atoms with van der Waals surface area (Å²) in [4.78, 5) is 0. The largest absolute Gasteiger partial charge is 0.455 e. The molecule has 2 N–H and O–H groups in total. The van der Waals surface area contributed by atoms with Crippen LogP contribution in [0.2, 0.25) is 37.3 Å². The van der Waals surface area contributed by atoms with Crippen LogP contribution in [-0.4, -0.2) is 39.1 Å². The average molecular weight is 359 g/mol. The van der Waals surface area contributed by atoms with Gasteiger partial charge < -0.3 is 14.3 Å². The molecule has 0 aromatic rings. The molecule has 0 aromatic heterocycles. The Morgan fingerprint density at radius 2 is 1.04 bits per heavy atom. The van der Waals surface area contributed by atoms with Crippen LogP contribution in [0.5, 0.6) is 0 Å². The van der Waals surface area contributed by atoms with Crippen LogP contribution >= 0.6 is 0 Å². The summed E-state index contributed by atoms with van der Waals surface area (Å²) in [6, 6.07) is 0. The van der Waals surface area contributed by atoms with Gasteiger partial charge in [0.2, 0.25) is 0 Å². The van der Waals surface area contributed by atoms with Gasteiger partial charge in [-0.05, 0) is 87.6 Å². The minimum absolute atomic E-state index is 0.109. The molecule has 0 bridgehead atoms. The second-order valence-corrected chi connectivity index (χ2v) is 18.3. The molecule has 0 amide bonds. The molecule has 2 fully saturated rings. The third-order valence-electron chi connectivity index (χ3n) is 6.74. The molecule has 2 rings (SSSR count). The standard InChI is InChI=1S/C18H38O3Si2/c1-13-11-15(7-9-17(13)19)22(3,4)21-23(5,6)16-8-10-18(20)14(2)12-16/h13-20H,7-12H2,1-6H3. The van der Waals surface area contributed by atoms with Gasteiger partial charge in [0, 0.05) is 0 Å². The normalized spacial score (nSPS) is 40.2. The van der Waals surface area contributed by atoms with Gasteiger partial charge in [0.25, 0.3) is 0 Å². The third-order valence-corrected chi connectivity index (χ3v) is 15.9. The Bertz CT molecular complexity index is 364. The first-order valence-electron chi connectivity index (χ1n) is 9.59. The van der Waals surface area contributed by atoms with Crippen LogP contribution in [0.1, 0.15) is 52.4 Å². The number of rotatable bonds is 4. The predicted octanol–water partition coefficient (Wildman–Crippen LogP) is 4.52. The van der Waals surface area contributed by atoms with Crippen LogP contribution in [0.25, 0.3) is 0 Å². The van der Waals surface area contributed by atoms with E-state index >= 15 is 0 Å². The molecule has 23 heavy (non-hydrogen) atoms. The van der Waals surface area contributed by atoms with Gasteiger partial charge >= 0.3 is 0 Å². The molecule has 0 aromatic carbocycles. The Hall–Kier alpha value is 0.314. The van der Waals surface area contributed by atoms with Gasteiger partial charge in [0.15, 0.2) is 16.6 Å². The molecule has 6 unspecified atom stereocenters. The summed E-state index contributed by atoms with van der Waals surface area (Å²) in [7, 11) is -3.49. The maximum atomic E-state index is 10.0. The summed E-state index contributed by atoms with van der Waals surface area (Å²) in [5.41, 5.74) is 1.36. The first kappa shape index (κ1) is 19.6. The van der Waals surface area contributed by atoms with E-state index in [1.165, 1.54) is 0 Å². The smallest absolute Gasteiger partial charge is 0.176 e. The lowest BCUT2D eigenvalue weighted by Gasteiger charge is -2.47. The van der Waals surface area contributed by atoms with Gasteiger partial charge in [-0.25, -0.2) is 0 Å². The van der Waals surface area contributed by atoms with Crippen molar-refractivity contribution in [3.63, 3.8) is 0 Å². The molecule has 2 aliphatic carbocycles. The van der Waals surface area contributed by atoms with Crippen LogP contribution in [0.4, 0.5) is 0 Å². The van der Waals surface area contributed by atoms with Crippen molar-refractivity contribution in [1.82, 2.24) is 0 Å². The first-order valence-corrected chi connectivity index (χ1v) is 15.6. The zero-order valence-corrected chi connectivity index (χ0v) is 18.0. The van der Waals surface area contributed by atoms with Crippen LogP contribution in [0, 0.1) is 11.8 Å². The Morgan fingerprint density at radius 3 is 1.35 bits per heavy atom. The van der Waals surface area contributed by atoms with E-state index in [1.54, 1.807) is 0 Å². The molecule has 2 aliphatic rings. The fourth-order valence-electron chi connectivity index (χ4n) is 4.87. The molecule has 6 atom stereocenters. The van der Waals surface area contributed by atoms with Crippen LogP contribution in [0.15, 0.2) is 0 Å². The highest BCUT2D eigenvalue weighted by atomic mass is 28.4. The van der Waals surface area contributed by atoms with Gasteiger partial charge in [0.1, 0.15) is 0 Å². The van der Waals surface area contributed by atoms with Gasteiger partial charge in [-0.1, -0.05) is 13.8 Å². The van der Waals surface area contributed by atoms with Gasteiger partial charge in [0.05, 0.1) is 12.2 Å². The number of hydrogen-bond donors (Lipinski definition) is 2. The highest BCUT2D eigenvalue weighted by Crippen LogP contribution is 2.45. The minimum atomic E-state index is -1.74. The molecule has 0 radical (unpaired) electrons. The lowest BCUT2D eigenvalue weighted by atomic mass is 9.88. The molecule has 0 heterocycles. The fraction of sp³-hybridized carbons (Fsp3) is 1.00. The quantitative estimate of drug-likeness (QED) is 0.727. The average Bonchev–Trinajstić information content (AvgIpc) is 2.43. The topological polar surface area (TPSA) is 49.7 Å². The van der Waals surface area contributed by atoms with E-state index in [1.807, 2.05) is 0 Å². The summed E-state index contributed by atoms with van der Waals surface area (Å²) in [5.74, 6) is 0.831. The van der Waals surface area contributed by atoms with Crippen molar-refractivity contribution in [3.8, 4) is 0 Å². The van der Waals surface area contributed by atoms with Gasteiger partial charge in [-0.3, -0.25) is 0 Å². The fourth-order valence-corrected chi connectivity index (χ4v) is 15.2. The summed E-state index contributed by atoms with van der Waals surface area (Å²) >= 11 is 0. The maximum absolute atomic E-state index is 10.0. The summed E-state index contributed by atoms with van der Waals surface area (Å²) in [6.45, 7) is 14.0. The van der Waals surface area contributed by atoms with E-state index in [4.69, 9.17) is 4.12 Å². The van der Waals surface area contributed by atoms with Crippen molar-refractivity contribution in [3.05, 3.63) is 0 Å². The second-order valence-electron chi connectivity index (χ2n) is 9.42. The molecular formula is C18H38O3Si2. The number of aliphatic hydroxyl groups excluding tert-OH is 2. The predicted molar refractivity (Wildman–Crippen MR) is 102 cm³/mol. The van der Waals surface area contributed by atoms with Gasteiger partial charge in [-0.2, -0.15) is 0 Å². The summed E-state index contributed by atoms with van der Waals surface area (Å²) in [6.07, 6.45) is 6.20. The Balaban J connectivity index is 2.00. The van der Waals surface area contributed by atoms with Crippen LogP contribution in [-0.2, 0) is 4.12 Å². The highest BCUT2D eigenvalue weighted by Gasteiger charge is 2.46. The third kappa shape index (κ3) is 4.69. The van der Waals surface area contributed by atoms with E-state index in [2.05, 4.69) is 40.0 Å². The first-order chi connectivity index (χ1) is 10.5. The number of aliphatic hydroxyl groups is 2. The Kier molecular flexibility index (Phi) is 6.22. The van der Waals surface area contributed by atoms with E-state index in [0.717, 1.165) is 38.5 Å². The van der Waals surface area contributed by atoms with E-state index in [9.17, 15) is 10.2 Å². The lowest BCUT2D eigenvalue weighted by molar-refractivity contribution is 0.0751. The Labute approximate surface area is 145 Å². The molecule has 136 valence electrons. The second kappa shape index (κ2) is 7.28. The zero-order chi connectivity index (χ0) is 17.4. The molecule has 0 saturated heterocycles. The highest BCUT2D eigenvalue weighted by molar-refractivity contribution is 6.86. The maximum Gasteiger partial charge on any atom is 0.176 e. The summed E-state index contributed by atoms with van der Waals surface area (Å²) < 4.78 is 6.99. The van der Waals surface area contributed by atoms with Crippen molar-refractivity contribution in [2.75, 3.05) is 0 Å². The molecule has 5 heteroatoms. The van der Waals surface area contributed by atoms with Crippen molar-refractivity contribution in [2.45, 2.75) is 102 Å². The SMILES string of the molecule is CC1CC([Si](C)(C)O[Si](C)(C)C2CCC(O)C(C)C2)CCC1O. The molecule has 0 aliphatic heterocycles. The minimum Gasteiger partial charge on any atom is -0.455 e. The van der Waals surface area contributed by atoms with Crippen molar-refractivity contribution >= 4 is 16.6 Å². The lowest BCUT2D eigenvalue weighted by Crippen LogP contribution is -2.52. The van der Waals surface area contributed by atoms with Gasteiger partial charge in [-0.15, -0.1) is 0 Å². The summed E-state index contributed by atoms with van der Waals surface area (Å²) in [5, 5.41) is 20.0. The van der Waals surface area contributed by atoms with E-state index in [0.29, 0.717) is 22.9 Å². The van der Waals surface area contributed by atoms with Crippen molar-refractivity contribution in [1.29, 1.82) is 0 Å². The Morgan fingerprint density at radius 1 is 0.696 bits per heavy atom. The monoisotopic (exact) mass is 358 g/mol. The number of hydrogen-bond acceptors (Lipinski definition) is 3. The molecule has 0 spiro atoms. The molecular weight excluding hydrogens is 320 g/mol. The zero-order valence-electron chi connectivity index (χ0n) is 16.0.